The van der Waals surface area contributed by atoms with E-state index in [0.29, 0.717) is 11.5 Å². The van der Waals surface area contributed by atoms with E-state index in [1.807, 2.05) is 0 Å². The Morgan fingerprint density at radius 2 is 1.72 bits per heavy atom. The Balaban J connectivity index is 1.30. The van der Waals surface area contributed by atoms with Crippen LogP contribution in [0.15, 0.2) is 28.9 Å². The summed E-state index contributed by atoms with van der Waals surface area (Å²) >= 11 is 0. The molecule has 1 aliphatic heterocycles. The minimum absolute atomic E-state index is 0.0273. The standard InChI is InChI=1S/C28H41N3O/c1-27(2,3)20-11-14-30(15-12-20)18-19-7-8-21(17-19)31-16-13-22-23(31)9-10-24-25(22)26(29-32-24)28(4,5)6/h9-10,13,16,19-21H,7-8,11-12,14-15,17-18H2,1-6H3/t19-,21+/m0/s1. The second-order valence-corrected chi connectivity index (χ2v) is 12.6. The number of fused-ring (bicyclic) bond motifs is 3. The molecule has 2 fully saturated rings. The monoisotopic (exact) mass is 435 g/mol. The molecular weight excluding hydrogens is 394 g/mol. The van der Waals surface area contributed by atoms with Crippen LogP contribution in [0.4, 0.5) is 0 Å². The molecule has 4 nitrogen and oxygen atoms in total. The number of hydrogen-bond donors (Lipinski definition) is 0. The fourth-order valence-electron chi connectivity index (χ4n) is 6.32. The van der Waals surface area contributed by atoms with Crippen LogP contribution >= 0.6 is 0 Å². The van der Waals surface area contributed by atoms with Crippen LogP contribution in [0.5, 0.6) is 0 Å². The molecule has 1 aromatic carbocycles. The van der Waals surface area contributed by atoms with Crippen LogP contribution in [0.3, 0.4) is 0 Å². The third-order valence-corrected chi connectivity index (χ3v) is 8.28. The average Bonchev–Trinajstić information content (AvgIpc) is 3.44. The summed E-state index contributed by atoms with van der Waals surface area (Å²) in [6.45, 7) is 17.7. The number of benzene rings is 1. The largest absolute Gasteiger partial charge is 0.356 e. The van der Waals surface area contributed by atoms with Crippen molar-refractivity contribution in [2.75, 3.05) is 19.6 Å². The van der Waals surface area contributed by atoms with Gasteiger partial charge in [-0.15, -0.1) is 0 Å². The number of nitrogens with zero attached hydrogens (tertiary/aromatic N) is 3. The van der Waals surface area contributed by atoms with Gasteiger partial charge in [0.15, 0.2) is 5.58 Å². The van der Waals surface area contributed by atoms with Gasteiger partial charge in [-0.1, -0.05) is 46.7 Å². The molecule has 0 N–H and O–H groups in total. The number of hydrogen-bond acceptors (Lipinski definition) is 3. The molecule has 1 aliphatic carbocycles. The summed E-state index contributed by atoms with van der Waals surface area (Å²) in [4.78, 5) is 2.75. The molecule has 0 amide bonds. The molecule has 0 unspecified atom stereocenters. The molecule has 0 bridgehead atoms. The highest BCUT2D eigenvalue weighted by molar-refractivity contribution is 6.06. The van der Waals surface area contributed by atoms with Crippen molar-refractivity contribution < 1.29 is 4.52 Å². The van der Waals surface area contributed by atoms with Gasteiger partial charge >= 0.3 is 0 Å². The first kappa shape index (κ1) is 22.0. The average molecular weight is 436 g/mol. The highest BCUT2D eigenvalue weighted by Crippen LogP contribution is 2.41. The highest BCUT2D eigenvalue weighted by atomic mass is 16.5. The van der Waals surface area contributed by atoms with E-state index in [1.165, 1.54) is 68.0 Å². The number of piperidine rings is 1. The summed E-state index contributed by atoms with van der Waals surface area (Å²) in [5, 5.41) is 6.92. The molecule has 0 spiro atoms. The molecule has 2 aliphatic rings. The predicted octanol–water partition coefficient (Wildman–Crippen LogP) is 7.18. The normalized spacial score (nSPS) is 24.2. The van der Waals surface area contributed by atoms with Crippen molar-refractivity contribution in [2.24, 2.45) is 17.3 Å². The van der Waals surface area contributed by atoms with Crippen molar-refractivity contribution in [1.29, 1.82) is 0 Å². The van der Waals surface area contributed by atoms with Gasteiger partial charge in [-0.25, -0.2) is 0 Å². The van der Waals surface area contributed by atoms with Crippen LogP contribution < -0.4 is 0 Å². The predicted molar refractivity (Wildman–Crippen MR) is 133 cm³/mol. The van der Waals surface area contributed by atoms with E-state index in [0.717, 1.165) is 23.1 Å². The van der Waals surface area contributed by atoms with E-state index in [9.17, 15) is 0 Å². The van der Waals surface area contributed by atoms with E-state index in [1.54, 1.807) is 0 Å². The lowest BCUT2D eigenvalue weighted by Gasteiger charge is -2.39. The van der Waals surface area contributed by atoms with E-state index in [4.69, 9.17) is 4.52 Å². The smallest absolute Gasteiger partial charge is 0.167 e. The van der Waals surface area contributed by atoms with Crippen molar-refractivity contribution in [1.82, 2.24) is 14.6 Å². The number of aromatic nitrogens is 2. The summed E-state index contributed by atoms with van der Waals surface area (Å²) in [6, 6.07) is 7.25. The molecule has 1 saturated carbocycles. The van der Waals surface area contributed by atoms with Crippen LogP contribution in [0.25, 0.3) is 21.9 Å². The van der Waals surface area contributed by atoms with Gasteiger partial charge in [-0.05, 0) is 80.6 Å². The summed E-state index contributed by atoms with van der Waals surface area (Å²) in [7, 11) is 0. The molecule has 4 heteroatoms. The van der Waals surface area contributed by atoms with Gasteiger partial charge in [0.05, 0.1) is 11.1 Å². The van der Waals surface area contributed by atoms with Gasteiger partial charge in [-0.2, -0.15) is 0 Å². The molecule has 1 saturated heterocycles. The first-order chi connectivity index (χ1) is 15.1. The van der Waals surface area contributed by atoms with E-state index >= 15 is 0 Å². The molecule has 174 valence electrons. The summed E-state index contributed by atoms with van der Waals surface area (Å²) < 4.78 is 8.23. The van der Waals surface area contributed by atoms with Crippen LogP contribution in [0, 0.1) is 17.3 Å². The minimum Gasteiger partial charge on any atom is -0.356 e. The highest BCUT2D eigenvalue weighted by Gasteiger charge is 2.32. The van der Waals surface area contributed by atoms with Crippen LogP contribution in [-0.2, 0) is 5.41 Å². The Kier molecular flexibility index (Phi) is 5.43. The third kappa shape index (κ3) is 4.00. The van der Waals surface area contributed by atoms with Crippen molar-refractivity contribution in [2.45, 2.75) is 85.1 Å². The van der Waals surface area contributed by atoms with Gasteiger partial charge in [0, 0.05) is 35.1 Å². The van der Waals surface area contributed by atoms with Crippen molar-refractivity contribution in [3.05, 3.63) is 30.1 Å². The molecule has 2 atom stereocenters. The van der Waals surface area contributed by atoms with E-state index in [2.05, 4.69) is 80.6 Å². The second-order valence-electron chi connectivity index (χ2n) is 12.6. The Bertz CT molecular complexity index is 1090. The Hall–Kier alpha value is -1.81. The molecule has 3 heterocycles. The van der Waals surface area contributed by atoms with Crippen molar-refractivity contribution >= 4 is 21.9 Å². The first-order valence-electron chi connectivity index (χ1n) is 12.7. The van der Waals surface area contributed by atoms with Crippen molar-refractivity contribution in [3.8, 4) is 0 Å². The molecule has 0 radical (unpaired) electrons. The third-order valence-electron chi connectivity index (χ3n) is 8.28. The zero-order valence-electron chi connectivity index (χ0n) is 20.9. The SMILES string of the molecule is CC(C)(C)c1noc2ccc3c(ccn3[C@@H]3CC[C@H](CN4CCC(C(C)(C)C)CC4)C3)c12. The molecule has 32 heavy (non-hydrogen) atoms. The van der Waals surface area contributed by atoms with Gasteiger partial charge in [-0.3, -0.25) is 0 Å². The summed E-state index contributed by atoms with van der Waals surface area (Å²) in [5.41, 5.74) is 3.74. The van der Waals surface area contributed by atoms with Crippen molar-refractivity contribution in [3.63, 3.8) is 0 Å². The summed E-state index contributed by atoms with van der Waals surface area (Å²) in [6.07, 6.45) is 8.99. The maximum Gasteiger partial charge on any atom is 0.167 e. The van der Waals surface area contributed by atoms with E-state index in [-0.39, 0.29) is 5.41 Å². The molecule has 2 aromatic heterocycles. The number of likely N-dealkylation sites (tertiary alicyclic amines) is 1. The maximum absolute atomic E-state index is 5.68. The van der Waals surface area contributed by atoms with Crippen LogP contribution in [0.2, 0.25) is 0 Å². The minimum atomic E-state index is -0.0273. The lowest BCUT2D eigenvalue weighted by atomic mass is 9.75. The zero-order valence-corrected chi connectivity index (χ0v) is 20.9. The fraction of sp³-hybridized carbons (Fsp3) is 0.679. The lowest BCUT2D eigenvalue weighted by molar-refractivity contribution is 0.101. The Labute approximate surface area is 193 Å². The Morgan fingerprint density at radius 3 is 2.41 bits per heavy atom. The van der Waals surface area contributed by atoms with Gasteiger partial charge in [0.1, 0.15) is 0 Å². The van der Waals surface area contributed by atoms with Crippen LogP contribution in [0.1, 0.15) is 85.4 Å². The van der Waals surface area contributed by atoms with Gasteiger partial charge in [0.2, 0.25) is 0 Å². The second kappa shape index (κ2) is 7.90. The number of rotatable bonds is 3. The topological polar surface area (TPSA) is 34.2 Å². The maximum atomic E-state index is 5.68. The van der Waals surface area contributed by atoms with Gasteiger partial charge < -0.3 is 14.0 Å². The Morgan fingerprint density at radius 1 is 0.969 bits per heavy atom. The summed E-state index contributed by atoms with van der Waals surface area (Å²) in [5.74, 6) is 1.71. The van der Waals surface area contributed by atoms with Gasteiger partial charge in [0.25, 0.3) is 0 Å². The molecular formula is C28H41N3O. The lowest BCUT2D eigenvalue weighted by Crippen LogP contribution is -2.40. The zero-order chi connectivity index (χ0) is 22.7. The van der Waals surface area contributed by atoms with Crippen LogP contribution in [-0.4, -0.2) is 34.3 Å². The fourth-order valence-corrected chi connectivity index (χ4v) is 6.32. The first-order valence-corrected chi connectivity index (χ1v) is 12.7. The molecule has 3 aromatic rings. The van der Waals surface area contributed by atoms with E-state index < -0.39 is 0 Å². The molecule has 5 rings (SSSR count). The quantitative estimate of drug-likeness (QED) is 0.437.